The Morgan fingerprint density at radius 2 is 2.04 bits per heavy atom. The average molecular weight is 382 g/mol. The smallest absolute Gasteiger partial charge is 0.253 e. The van der Waals surface area contributed by atoms with Crippen molar-refractivity contribution in [3.63, 3.8) is 0 Å². The number of ether oxygens (including phenoxy) is 1. The number of likely N-dealkylation sites (tertiary alicyclic amines) is 1. The van der Waals surface area contributed by atoms with Crippen LogP contribution in [0.25, 0.3) is 0 Å². The molecule has 0 unspecified atom stereocenters. The van der Waals surface area contributed by atoms with Crippen LogP contribution in [-0.4, -0.2) is 60.2 Å². The monoisotopic (exact) mass is 382 g/mol. The Morgan fingerprint density at radius 1 is 1.21 bits per heavy atom. The van der Waals surface area contributed by atoms with Crippen LogP contribution >= 0.6 is 0 Å². The van der Waals surface area contributed by atoms with Gasteiger partial charge in [-0.1, -0.05) is 0 Å². The van der Waals surface area contributed by atoms with Crippen LogP contribution in [0.4, 0.5) is 5.69 Å². The van der Waals surface area contributed by atoms with E-state index in [4.69, 9.17) is 4.74 Å². The Balaban J connectivity index is 1.49. The SMILES string of the molecule is Cc1cc(C(=O)N2CCC[C@@H](c3cc(=O)[nH]cn3)C2)ccc1N1CCOCC1. The number of amides is 1. The van der Waals surface area contributed by atoms with Crippen molar-refractivity contribution >= 4 is 11.6 Å². The van der Waals surface area contributed by atoms with Crippen molar-refractivity contribution in [3.8, 4) is 0 Å². The summed E-state index contributed by atoms with van der Waals surface area (Å²) in [6, 6.07) is 7.50. The Kier molecular flexibility index (Phi) is 5.43. The molecule has 1 N–H and O–H groups in total. The molecule has 0 aliphatic carbocycles. The molecular formula is C21H26N4O3. The summed E-state index contributed by atoms with van der Waals surface area (Å²) in [6.45, 7) is 6.64. The molecule has 7 nitrogen and oxygen atoms in total. The van der Waals surface area contributed by atoms with Crippen LogP contribution in [0.5, 0.6) is 0 Å². The predicted molar refractivity (Wildman–Crippen MR) is 107 cm³/mol. The van der Waals surface area contributed by atoms with Crippen LogP contribution in [0.15, 0.2) is 35.4 Å². The number of aromatic nitrogens is 2. The fourth-order valence-electron chi connectivity index (χ4n) is 4.14. The van der Waals surface area contributed by atoms with Crippen LogP contribution in [0.2, 0.25) is 0 Å². The van der Waals surface area contributed by atoms with Crippen LogP contribution < -0.4 is 10.5 Å². The van der Waals surface area contributed by atoms with Crippen molar-refractivity contribution in [2.24, 2.45) is 0 Å². The highest BCUT2D eigenvalue weighted by Gasteiger charge is 2.27. The molecule has 0 radical (unpaired) electrons. The third-order valence-electron chi connectivity index (χ3n) is 5.62. The normalized spacial score (nSPS) is 20.2. The van der Waals surface area contributed by atoms with Crippen molar-refractivity contribution in [3.05, 3.63) is 57.8 Å². The summed E-state index contributed by atoms with van der Waals surface area (Å²) in [5.74, 6) is 0.153. The van der Waals surface area contributed by atoms with E-state index in [1.807, 2.05) is 23.1 Å². The van der Waals surface area contributed by atoms with Gasteiger partial charge in [0.15, 0.2) is 0 Å². The number of carbonyl (C=O) groups is 1. The molecule has 2 fully saturated rings. The average Bonchev–Trinajstić information content (AvgIpc) is 2.74. The fourth-order valence-corrected chi connectivity index (χ4v) is 4.14. The topological polar surface area (TPSA) is 78.5 Å². The van der Waals surface area contributed by atoms with Crippen LogP contribution in [0.3, 0.4) is 0 Å². The van der Waals surface area contributed by atoms with E-state index in [1.54, 1.807) is 6.07 Å². The van der Waals surface area contributed by atoms with E-state index < -0.39 is 0 Å². The lowest BCUT2D eigenvalue weighted by Crippen LogP contribution is -2.39. The van der Waals surface area contributed by atoms with Gasteiger partial charge in [-0.25, -0.2) is 4.98 Å². The second-order valence-electron chi connectivity index (χ2n) is 7.53. The molecule has 1 atom stereocenters. The standard InChI is InChI=1S/C21H26N4O3/c1-15-11-16(4-5-19(15)24-7-9-28-10-8-24)21(27)25-6-2-3-17(13-25)18-12-20(26)23-14-22-18/h4-5,11-12,14,17H,2-3,6-10,13H2,1H3,(H,22,23,26)/t17-/m1/s1. The zero-order valence-corrected chi connectivity index (χ0v) is 16.2. The number of nitrogens with zero attached hydrogens (tertiary/aromatic N) is 3. The van der Waals surface area contributed by atoms with Crippen molar-refractivity contribution in [1.82, 2.24) is 14.9 Å². The Bertz CT molecular complexity index is 905. The zero-order chi connectivity index (χ0) is 19.5. The summed E-state index contributed by atoms with van der Waals surface area (Å²) < 4.78 is 5.43. The van der Waals surface area contributed by atoms with Crippen molar-refractivity contribution in [2.75, 3.05) is 44.3 Å². The molecule has 3 heterocycles. The van der Waals surface area contributed by atoms with Gasteiger partial charge in [-0.15, -0.1) is 0 Å². The van der Waals surface area contributed by atoms with Gasteiger partial charge >= 0.3 is 0 Å². The van der Waals surface area contributed by atoms with E-state index >= 15 is 0 Å². The lowest BCUT2D eigenvalue weighted by Gasteiger charge is -2.33. The summed E-state index contributed by atoms with van der Waals surface area (Å²) in [7, 11) is 0. The molecule has 0 saturated carbocycles. The molecule has 4 rings (SSSR count). The molecule has 1 aromatic heterocycles. The number of hydrogen-bond acceptors (Lipinski definition) is 5. The van der Waals surface area contributed by atoms with E-state index in [1.165, 1.54) is 12.0 Å². The molecule has 0 spiro atoms. The van der Waals surface area contributed by atoms with Gasteiger partial charge in [0.05, 0.1) is 25.2 Å². The van der Waals surface area contributed by atoms with Gasteiger partial charge < -0.3 is 19.5 Å². The van der Waals surface area contributed by atoms with Crippen LogP contribution in [0, 0.1) is 6.92 Å². The molecule has 7 heteroatoms. The number of hydrogen-bond donors (Lipinski definition) is 1. The van der Waals surface area contributed by atoms with Crippen molar-refractivity contribution in [1.29, 1.82) is 0 Å². The number of H-pyrrole nitrogens is 1. The molecule has 2 aliphatic heterocycles. The minimum atomic E-state index is -0.150. The Morgan fingerprint density at radius 3 is 2.79 bits per heavy atom. The van der Waals surface area contributed by atoms with Gasteiger partial charge in [0, 0.05) is 49.4 Å². The maximum Gasteiger partial charge on any atom is 0.253 e. The third kappa shape index (κ3) is 3.94. The number of anilines is 1. The highest BCUT2D eigenvalue weighted by Crippen LogP contribution is 2.27. The molecule has 1 amide bonds. The van der Waals surface area contributed by atoms with Gasteiger partial charge in [0.1, 0.15) is 0 Å². The predicted octanol–water partition coefficient (Wildman–Crippen LogP) is 1.93. The Hall–Kier alpha value is -2.67. The number of benzene rings is 1. The van der Waals surface area contributed by atoms with Crippen molar-refractivity contribution < 1.29 is 9.53 Å². The lowest BCUT2D eigenvalue weighted by atomic mass is 9.94. The van der Waals surface area contributed by atoms with Gasteiger partial charge in [-0.2, -0.15) is 0 Å². The molecule has 2 aliphatic rings. The maximum absolute atomic E-state index is 13.1. The summed E-state index contributed by atoms with van der Waals surface area (Å²) >= 11 is 0. The molecule has 28 heavy (non-hydrogen) atoms. The second kappa shape index (κ2) is 8.14. The summed E-state index contributed by atoms with van der Waals surface area (Å²) in [5, 5.41) is 0. The van der Waals surface area contributed by atoms with Gasteiger partial charge in [0.25, 0.3) is 11.5 Å². The van der Waals surface area contributed by atoms with E-state index in [-0.39, 0.29) is 17.4 Å². The van der Waals surface area contributed by atoms with Gasteiger partial charge in [-0.05, 0) is 43.5 Å². The number of aryl methyl sites for hydroxylation is 1. The van der Waals surface area contributed by atoms with Crippen LogP contribution in [-0.2, 0) is 4.74 Å². The molecule has 2 saturated heterocycles. The Labute approximate surface area is 164 Å². The van der Waals surface area contributed by atoms with Crippen LogP contribution in [0.1, 0.15) is 40.4 Å². The third-order valence-corrected chi connectivity index (χ3v) is 5.62. The summed E-state index contributed by atoms with van der Waals surface area (Å²) in [5.41, 5.74) is 3.61. The summed E-state index contributed by atoms with van der Waals surface area (Å²) in [6.07, 6.45) is 3.29. The number of aromatic amines is 1. The van der Waals surface area contributed by atoms with E-state index in [0.29, 0.717) is 12.1 Å². The number of carbonyl (C=O) groups excluding carboxylic acids is 1. The van der Waals surface area contributed by atoms with E-state index in [9.17, 15) is 9.59 Å². The minimum absolute atomic E-state index is 0.0474. The number of piperidine rings is 1. The van der Waals surface area contributed by atoms with Crippen molar-refractivity contribution in [2.45, 2.75) is 25.7 Å². The quantitative estimate of drug-likeness (QED) is 0.878. The number of nitrogens with one attached hydrogen (secondary N) is 1. The minimum Gasteiger partial charge on any atom is -0.378 e. The molecule has 2 aromatic rings. The summed E-state index contributed by atoms with van der Waals surface area (Å²) in [4.78, 5) is 35.7. The fraction of sp³-hybridized carbons (Fsp3) is 0.476. The first-order valence-electron chi connectivity index (χ1n) is 9.89. The number of morpholine rings is 1. The first-order chi connectivity index (χ1) is 13.6. The highest BCUT2D eigenvalue weighted by molar-refractivity contribution is 5.95. The highest BCUT2D eigenvalue weighted by atomic mass is 16.5. The maximum atomic E-state index is 13.1. The van der Waals surface area contributed by atoms with Gasteiger partial charge in [0.2, 0.25) is 0 Å². The lowest BCUT2D eigenvalue weighted by molar-refractivity contribution is 0.0705. The molecule has 0 bridgehead atoms. The first kappa shape index (κ1) is 18.7. The molecule has 148 valence electrons. The second-order valence-corrected chi connectivity index (χ2v) is 7.53. The molecule has 1 aromatic carbocycles. The van der Waals surface area contributed by atoms with E-state index in [2.05, 4.69) is 21.8 Å². The first-order valence-corrected chi connectivity index (χ1v) is 9.89. The largest absolute Gasteiger partial charge is 0.378 e. The van der Waals surface area contributed by atoms with Gasteiger partial charge in [-0.3, -0.25) is 9.59 Å². The molecular weight excluding hydrogens is 356 g/mol. The van der Waals surface area contributed by atoms with E-state index in [0.717, 1.165) is 56.9 Å². The zero-order valence-electron chi connectivity index (χ0n) is 16.2. The number of rotatable bonds is 3.